The van der Waals surface area contributed by atoms with Gasteiger partial charge in [0, 0.05) is 11.8 Å². The smallest absolute Gasteiger partial charge is 0.247 e. The van der Waals surface area contributed by atoms with Crippen LogP contribution < -0.4 is 0 Å². The van der Waals surface area contributed by atoms with Crippen LogP contribution >= 0.6 is 0 Å². The van der Waals surface area contributed by atoms with Gasteiger partial charge in [-0.25, -0.2) is 14.4 Å². The molecule has 1 aromatic carbocycles. The van der Waals surface area contributed by atoms with Gasteiger partial charge >= 0.3 is 0 Å². The summed E-state index contributed by atoms with van der Waals surface area (Å²) in [6, 6.07) is 7.05. The number of fused-ring (bicyclic) bond motifs is 5. The molecule has 1 N–H and O–H groups in total. The number of aryl methyl sites for hydroxylation is 1. The lowest BCUT2D eigenvalue weighted by atomic mass is 9.80. The predicted molar refractivity (Wildman–Crippen MR) is 127 cm³/mol. The van der Waals surface area contributed by atoms with Gasteiger partial charge in [-0.3, -0.25) is 4.98 Å². The number of hydrogen-bond acceptors (Lipinski definition) is 7. The van der Waals surface area contributed by atoms with E-state index < -0.39 is 5.60 Å². The molecule has 2 aliphatic carbocycles. The zero-order valence-corrected chi connectivity index (χ0v) is 19.9. The average Bonchev–Trinajstić information content (AvgIpc) is 3.60. The molecule has 2 bridgehead atoms. The van der Waals surface area contributed by atoms with Crippen LogP contribution in [0.3, 0.4) is 0 Å². The molecule has 1 saturated carbocycles. The van der Waals surface area contributed by atoms with Crippen LogP contribution in [0.4, 0.5) is 4.39 Å². The Balaban J connectivity index is 1.40. The summed E-state index contributed by atoms with van der Waals surface area (Å²) in [5.74, 6) is 0.358. The van der Waals surface area contributed by atoms with Gasteiger partial charge in [-0.1, -0.05) is 19.1 Å². The van der Waals surface area contributed by atoms with Gasteiger partial charge in [-0.15, -0.1) is 0 Å². The molecule has 0 aliphatic heterocycles. The van der Waals surface area contributed by atoms with Crippen molar-refractivity contribution in [3.8, 4) is 22.8 Å². The average molecular weight is 472 g/mol. The molecule has 6 rings (SSSR count). The Bertz CT molecular complexity index is 1430. The molecule has 8 heteroatoms. The van der Waals surface area contributed by atoms with E-state index >= 15 is 0 Å². The van der Waals surface area contributed by atoms with E-state index in [9.17, 15) is 9.50 Å². The van der Waals surface area contributed by atoms with Crippen molar-refractivity contribution in [3.05, 3.63) is 76.9 Å². The fourth-order valence-corrected chi connectivity index (χ4v) is 5.57. The number of nitrogens with zero attached hydrogens (tertiary/aromatic N) is 5. The number of aromatic nitrogens is 5. The lowest BCUT2D eigenvalue weighted by Crippen LogP contribution is -2.26. The normalized spacial score (nSPS) is 22.3. The first-order valence-electron chi connectivity index (χ1n) is 12.0. The van der Waals surface area contributed by atoms with Gasteiger partial charge in [0.15, 0.2) is 0 Å². The third kappa shape index (κ3) is 3.31. The van der Waals surface area contributed by atoms with E-state index in [0.29, 0.717) is 40.9 Å². The van der Waals surface area contributed by atoms with Crippen LogP contribution in [-0.4, -0.2) is 30.3 Å². The van der Waals surface area contributed by atoms with Crippen molar-refractivity contribution in [2.24, 2.45) is 0 Å². The van der Waals surface area contributed by atoms with Gasteiger partial charge in [0.05, 0.1) is 28.7 Å². The Hall–Kier alpha value is -3.52. The molecule has 0 unspecified atom stereocenters. The Morgan fingerprint density at radius 3 is 2.86 bits per heavy atom. The molecule has 178 valence electrons. The first-order valence-corrected chi connectivity index (χ1v) is 12.0. The Morgan fingerprint density at radius 2 is 2.06 bits per heavy atom. The van der Waals surface area contributed by atoms with Gasteiger partial charge in [0.1, 0.15) is 29.1 Å². The van der Waals surface area contributed by atoms with E-state index in [1.54, 1.807) is 25.4 Å². The number of halogens is 1. The lowest BCUT2D eigenvalue weighted by Gasteiger charge is -2.26. The fourth-order valence-electron chi connectivity index (χ4n) is 5.57. The summed E-state index contributed by atoms with van der Waals surface area (Å²) in [4.78, 5) is 13.8. The standard InChI is InChI=1S/C27H26FN5O2/c1-4-26(3,34)22-14-35-25(31-22)20-12-29-13-21(30-20)27-9-8-16(11-27)17-10-19(32-33-24(17)27)23-15(2)6-5-7-18(23)28/h5-7,10,12-14,16,34H,4,8-9,11H2,1-3H3/t16-,26-,27+/m1/s1. The van der Waals surface area contributed by atoms with Crippen molar-refractivity contribution in [3.63, 3.8) is 0 Å². The van der Waals surface area contributed by atoms with Crippen LogP contribution in [0.5, 0.6) is 0 Å². The van der Waals surface area contributed by atoms with Crippen molar-refractivity contribution in [1.29, 1.82) is 0 Å². The molecule has 2 aliphatic rings. The summed E-state index contributed by atoms with van der Waals surface area (Å²) in [6.45, 7) is 5.48. The first-order chi connectivity index (χ1) is 16.8. The summed E-state index contributed by atoms with van der Waals surface area (Å²) < 4.78 is 20.3. The molecule has 0 spiro atoms. The topological polar surface area (TPSA) is 97.8 Å². The molecule has 7 nitrogen and oxygen atoms in total. The van der Waals surface area contributed by atoms with Crippen molar-refractivity contribution >= 4 is 0 Å². The molecule has 0 amide bonds. The Labute approximate surface area is 202 Å². The van der Waals surface area contributed by atoms with E-state index in [1.807, 2.05) is 26.0 Å². The molecule has 3 heterocycles. The largest absolute Gasteiger partial charge is 0.443 e. The molecular formula is C27H26FN5O2. The summed E-state index contributed by atoms with van der Waals surface area (Å²) in [7, 11) is 0. The Morgan fingerprint density at radius 1 is 1.20 bits per heavy atom. The van der Waals surface area contributed by atoms with Crippen LogP contribution in [0.1, 0.15) is 73.7 Å². The highest BCUT2D eigenvalue weighted by Gasteiger charge is 2.53. The highest BCUT2D eigenvalue weighted by Crippen LogP contribution is 2.59. The highest BCUT2D eigenvalue weighted by molar-refractivity contribution is 5.66. The van der Waals surface area contributed by atoms with Crippen LogP contribution in [0.15, 0.2) is 47.3 Å². The third-order valence-corrected chi connectivity index (χ3v) is 7.80. The molecule has 3 atom stereocenters. The third-order valence-electron chi connectivity index (χ3n) is 7.80. The number of rotatable bonds is 5. The number of benzene rings is 1. The zero-order chi connectivity index (χ0) is 24.4. The SMILES string of the molecule is CC[C@@](C)(O)c1coc(-c2cncc([C@]34CC[C@H](C3)c3cc(-c5c(C)cccc5F)nnc34)n2)n1. The minimum atomic E-state index is -1.07. The van der Waals surface area contributed by atoms with Crippen molar-refractivity contribution in [2.75, 3.05) is 0 Å². The summed E-state index contributed by atoms with van der Waals surface area (Å²) >= 11 is 0. The first kappa shape index (κ1) is 22.0. The van der Waals surface area contributed by atoms with Crippen LogP contribution in [0.25, 0.3) is 22.8 Å². The summed E-state index contributed by atoms with van der Waals surface area (Å²) in [6.07, 6.45) is 8.16. The minimum Gasteiger partial charge on any atom is -0.443 e. The van der Waals surface area contributed by atoms with Gasteiger partial charge in [-0.05, 0) is 68.7 Å². The molecule has 4 aromatic rings. The minimum absolute atomic E-state index is 0.289. The highest BCUT2D eigenvalue weighted by atomic mass is 19.1. The van der Waals surface area contributed by atoms with Gasteiger partial charge < -0.3 is 9.52 Å². The van der Waals surface area contributed by atoms with E-state index in [4.69, 9.17) is 9.40 Å². The van der Waals surface area contributed by atoms with Crippen molar-refractivity contribution < 1.29 is 13.9 Å². The van der Waals surface area contributed by atoms with Crippen LogP contribution in [0.2, 0.25) is 0 Å². The van der Waals surface area contributed by atoms with Crippen molar-refractivity contribution in [1.82, 2.24) is 25.1 Å². The predicted octanol–water partition coefficient (Wildman–Crippen LogP) is 5.22. The molecule has 35 heavy (non-hydrogen) atoms. The van der Waals surface area contributed by atoms with Gasteiger partial charge in [0.25, 0.3) is 0 Å². The maximum absolute atomic E-state index is 14.6. The van der Waals surface area contributed by atoms with Crippen LogP contribution in [-0.2, 0) is 11.0 Å². The Kier molecular flexibility index (Phi) is 4.86. The van der Waals surface area contributed by atoms with E-state index in [1.165, 1.54) is 12.3 Å². The zero-order valence-electron chi connectivity index (χ0n) is 19.9. The van der Waals surface area contributed by atoms with Gasteiger partial charge in [0.2, 0.25) is 5.89 Å². The maximum Gasteiger partial charge on any atom is 0.247 e. The lowest BCUT2D eigenvalue weighted by molar-refractivity contribution is 0.0485. The van der Waals surface area contributed by atoms with Crippen LogP contribution in [0, 0.1) is 12.7 Å². The van der Waals surface area contributed by atoms with Crippen molar-refractivity contribution in [2.45, 2.75) is 63.4 Å². The maximum atomic E-state index is 14.6. The molecule has 3 aromatic heterocycles. The second-order valence-electron chi connectivity index (χ2n) is 9.94. The number of oxazole rings is 1. The molecule has 0 saturated heterocycles. The number of hydrogen-bond donors (Lipinski definition) is 1. The second kappa shape index (κ2) is 7.75. The monoisotopic (exact) mass is 471 g/mol. The molecule has 1 fully saturated rings. The quantitative estimate of drug-likeness (QED) is 0.426. The summed E-state index contributed by atoms with van der Waals surface area (Å²) in [5, 5.41) is 19.6. The number of aliphatic hydroxyl groups is 1. The van der Waals surface area contributed by atoms with E-state index in [0.717, 1.165) is 41.8 Å². The van der Waals surface area contributed by atoms with E-state index in [-0.39, 0.29) is 11.2 Å². The fraction of sp³-hybridized carbons (Fsp3) is 0.370. The summed E-state index contributed by atoms with van der Waals surface area (Å²) in [5.41, 5.74) is 4.26. The second-order valence-corrected chi connectivity index (χ2v) is 9.94. The van der Waals surface area contributed by atoms with E-state index in [2.05, 4.69) is 20.2 Å². The van der Waals surface area contributed by atoms with Gasteiger partial charge in [-0.2, -0.15) is 10.2 Å². The molecular weight excluding hydrogens is 445 g/mol. The molecule has 0 radical (unpaired) electrons.